The lowest BCUT2D eigenvalue weighted by Gasteiger charge is -2.34. The first-order valence-corrected chi connectivity index (χ1v) is 10.8. The quantitative estimate of drug-likeness (QED) is 0.496. The first-order chi connectivity index (χ1) is 15.7. The smallest absolute Gasteiger partial charge is 0.231 e. The van der Waals surface area contributed by atoms with Crippen LogP contribution < -0.4 is 9.47 Å². The monoisotopic (exact) mass is 449 g/mol. The molecule has 5 heterocycles. The molecule has 162 valence electrons. The van der Waals surface area contributed by atoms with Crippen molar-refractivity contribution in [3.63, 3.8) is 0 Å². The lowest BCUT2D eigenvalue weighted by Crippen LogP contribution is -2.36. The van der Waals surface area contributed by atoms with E-state index in [9.17, 15) is 0 Å². The van der Waals surface area contributed by atoms with Gasteiger partial charge in [0.2, 0.25) is 12.7 Å². The van der Waals surface area contributed by atoms with Crippen LogP contribution in [0, 0.1) is 6.92 Å². The van der Waals surface area contributed by atoms with Crippen LogP contribution >= 0.6 is 11.6 Å². The van der Waals surface area contributed by atoms with Crippen molar-refractivity contribution in [2.75, 3.05) is 13.3 Å². The second kappa shape index (κ2) is 7.65. The van der Waals surface area contributed by atoms with Crippen LogP contribution in [0.5, 0.6) is 11.5 Å². The number of H-pyrrole nitrogens is 1. The Morgan fingerprint density at radius 2 is 2.06 bits per heavy atom. The van der Waals surface area contributed by atoms with E-state index >= 15 is 0 Å². The number of halogens is 1. The molecule has 0 radical (unpaired) electrons. The highest BCUT2D eigenvalue weighted by molar-refractivity contribution is 6.33. The largest absolute Gasteiger partial charge is 0.454 e. The zero-order chi connectivity index (χ0) is 21.7. The Hall–Kier alpha value is -3.36. The molecule has 9 heteroatoms. The number of oxazole rings is 1. The molecule has 2 aliphatic heterocycles. The number of rotatable bonds is 4. The molecule has 2 aliphatic rings. The lowest BCUT2D eigenvalue weighted by molar-refractivity contribution is 0.174. The summed E-state index contributed by atoms with van der Waals surface area (Å²) in [6.45, 7) is 3.56. The summed E-state index contributed by atoms with van der Waals surface area (Å²) in [5, 5.41) is 0.507. The fourth-order valence-corrected chi connectivity index (χ4v) is 4.56. The lowest BCUT2D eigenvalue weighted by atomic mass is 9.99. The van der Waals surface area contributed by atoms with Crippen LogP contribution in [0.15, 0.2) is 47.3 Å². The normalized spacial score (nSPS) is 17.5. The Morgan fingerprint density at radius 1 is 1.19 bits per heavy atom. The number of nitrogens with zero attached hydrogens (tertiary/aromatic N) is 4. The van der Waals surface area contributed by atoms with Crippen molar-refractivity contribution in [3.05, 3.63) is 76.4 Å². The number of pyridine rings is 1. The number of aryl methyl sites for hydroxylation is 1. The molecule has 32 heavy (non-hydrogen) atoms. The van der Waals surface area contributed by atoms with E-state index in [4.69, 9.17) is 30.5 Å². The highest BCUT2D eigenvalue weighted by Gasteiger charge is 2.33. The van der Waals surface area contributed by atoms with Crippen molar-refractivity contribution in [3.8, 4) is 23.0 Å². The Labute approximate surface area is 189 Å². The van der Waals surface area contributed by atoms with E-state index in [1.807, 2.05) is 37.4 Å². The minimum absolute atomic E-state index is 0.0557. The van der Waals surface area contributed by atoms with Crippen LogP contribution in [0.1, 0.15) is 34.6 Å². The van der Waals surface area contributed by atoms with Gasteiger partial charge in [-0.25, -0.2) is 9.97 Å². The Balaban J connectivity index is 1.34. The van der Waals surface area contributed by atoms with Crippen molar-refractivity contribution in [2.45, 2.75) is 25.9 Å². The Bertz CT molecular complexity index is 1290. The average Bonchev–Trinajstić information content (AvgIpc) is 3.53. The van der Waals surface area contributed by atoms with Crippen LogP contribution in [-0.2, 0) is 13.0 Å². The fraction of sp³-hybridized carbons (Fsp3) is 0.261. The minimum atomic E-state index is -0.0557. The zero-order valence-electron chi connectivity index (χ0n) is 17.3. The molecular formula is C23H20ClN5O3. The highest BCUT2D eigenvalue weighted by atomic mass is 35.5. The number of aromatic amines is 1. The molecule has 0 aliphatic carbocycles. The standard InChI is InChI=1S/C23H20ClN5O3/c1-13-18(28-23(32-13)14-8-19-20(9-15(14)24)31-12-30-19)10-29-7-5-16-21(27-11-26-16)22(29)17-4-2-3-6-25-17/h2-4,6,8-9,11,22H,5,7,10,12H2,1H3,(H,26,27)/t22-/m0/s1. The van der Waals surface area contributed by atoms with Gasteiger partial charge in [-0.05, 0) is 25.1 Å². The van der Waals surface area contributed by atoms with Crippen molar-refractivity contribution in [2.24, 2.45) is 0 Å². The van der Waals surface area contributed by atoms with E-state index in [1.54, 1.807) is 12.4 Å². The summed E-state index contributed by atoms with van der Waals surface area (Å²) in [6.07, 6.45) is 4.46. The van der Waals surface area contributed by atoms with Crippen molar-refractivity contribution in [1.29, 1.82) is 0 Å². The topological polar surface area (TPSA) is 89.3 Å². The van der Waals surface area contributed by atoms with Gasteiger partial charge in [0, 0.05) is 37.5 Å². The van der Waals surface area contributed by atoms with Crippen molar-refractivity contribution >= 4 is 11.6 Å². The number of benzene rings is 1. The molecule has 1 N–H and O–H groups in total. The van der Waals surface area contributed by atoms with Gasteiger partial charge in [0.1, 0.15) is 5.76 Å². The van der Waals surface area contributed by atoms with Crippen LogP contribution in [0.3, 0.4) is 0 Å². The number of ether oxygens (including phenoxy) is 2. The van der Waals surface area contributed by atoms with Gasteiger partial charge in [0.25, 0.3) is 0 Å². The molecule has 0 unspecified atom stereocenters. The predicted molar refractivity (Wildman–Crippen MR) is 117 cm³/mol. The Kier molecular flexibility index (Phi) is 4.62. The molecule has 0 spiro atoms. The van der Waals surface area contributed by atoms with Crippen molar-refractivity contribution in [1.82, 2.24) is 24.8 Å². The maximum atomic E-state index is 6.48. The molecule has 8 nitrogen and oxygen atoms in total. The van der Waals surface area contributed by atoms with E-state index in [-0.39, 0.29) is 12.8 Å². The van der Waals surface area contributed by atoms with E-state index in [1.165, 1.54) is 0 Å². The van der Waals surface area contributed by atoms with Gasteiger partial charge in [-0.3, -0.25) is 9.88 Å². The van der Waals surface area contributed by atoms with E-state index in [0.717, 1.165) is 41.5 Å². The molecule has 0 saturated heterocycles. The van der Waals surface area contributed by atoms with Gasteiger partial charge in [0.05, 0.1) is 40.0 Å². The molecular weight excluding hydrogens is 430 g/mol. The summed E-state index contributed by atoms with van der Waals surface area (Å²) in [4.78, 5) is 19.6. The van der Waals surface area contributed by atoms with E-state index < -0.39 is 0 Å². The zero-order valence-corrected chi connectivity index (χ0v) is 18.1. The summed E-state index contributed by atoms with van der Waals surface area (Å²) in [5.74, 6) is 2.48. The van der Waals surface area contributed by atoms with Crippen LogP contribution in [0.4, 0.5) is 0 Å². The molecule has 6 rings (SSSR count). The molecule has 0 bridgehead atoms. The third-order valence-corrected chi connectivity index (χ3v) is 6.24. The van der Waals surface area contributed by atoms with Crippen LogP contribution in [-0.4, -0.2) is 38.2 Å². The van der Waals surface area contributed by atoms with Gasteiger partial charge in [-0.1, -0.05) is 17.7 Å². The molecule has 3 aromatic heterocycles. The highest BCUT2D eigenvalue weighted by Crippen LogP contribution is 2.41. The first kappa shape index (κ1) is 19.3. The first-order valence-electron chi connectivity index (χ1n) is 10.4. The maximum Gasteiger partial charge on any atom is 0.231 e. The minimum Gasteiger partial charge on any atom is -0.454 e. The average molecular weight is 450 g/mol. The number of aromatic nitrogens is 4. The summed E-state index contributed by atoms with van der Waals surface area (Å²) in [7, 11) is 0. The van der Waals surface area contributed by atoms with E-state index in [2.05, 4.69) is 19.9 Å². The summed E-state index contributed by atoms with van der Waals surface area (Å²) >= 11 is 6.48. The summed E-state index contributed by atoms with van der Waals surface area (Å²) in [6, 6.07) is 9.45. The number of imidazole rings is 1. The molecule has 4 aromatic rings. The van der Waals surface area contributed by atoms with Crippen LogP contribution in [0.2, 0.25) is 5.02 Å². The number of nitrogens with one attached hydrogen (secondary N) is 1. The molecule has 1 atom stereocenters. The third kappa shape index (κ3) is 3.23. The van der Waals surface area contributed by atoms with Gasteiger partial charge in [-0.2, -0.15) is 0 Å². The second-order valence-corrected chi connectivity index (χ2v) is 8.26. The molecule has 0 saturated carbocycles. The van der Waals surface area contributed by atoms with Gasteiger partial charge in [0.15, 0.2) is 11.5 Å². The van der Waals surface area contributed by atoms with Crippen molar-refractivity contribution < 1.29 is 13.9 Å². The van der Waals surface area contributed by atoms with Gasteiger partial charge >= 0.3 is 0 Å². The number of fused-ring (bicyclic) bond motifs is 2. The SMILES string of the molecule is Cc1oc(-c2cc3c(cc2Cl)OCO3)nc1CN1CCc2[nH]cnc2[C@@H]1c1ccccn1. The summed E-state index contributed by atoms with van der Waals surface area (Å²) < 4.78 is 16.9. The van der Waals surface area contributed by atoms with E-state index in [0.29, 0.717) is 34.5 Å². The molecule has 0 amide bonds. The molecule has 0 fully saturated rings. The third-order valence-electron chi connectivity index (χ3n) is 5.93. The molecule has 1 aromatic carbocycles. The Morgan fingerprint density at radius 3 is 2.91 bits per heavy atom. The predicted octanol–water partition coefficient (Wildman–Crippen LogP) is 4.30. The maximum absolute atomic E-state index is 6.48. The summed E-state index contributed by atoms with van der Waals surface area (Å²) in [5.41, 5.74) is 4.66. The number of hydrogen-bond acceptors (Lipinski definition) is 7. The van der Waals surface area contributed by atoms with Gasteiger partial charge in [-0.15, -0.1) is 0 Å². The van der Waals surface area contributed by atoms with Crippen LogP contribution in [0.25, 0.3) is 11.5 Å². The number of hydrogen-bond donors (Lipinski definition) is 1. The van der Waals surface area contributed by atoms with Gasteiger partial charge < -0.3 is 18.9 Å². The fourth-order valence-electron chi connectivity index (χ4n) is 4.32. The second-order valence-electron chi connectivity index (χ2n) is 7.85.